The first-order valence-electron chi connectivity index (χ1n) is 12.2. The third kappa shape index (κ3) is 9.38. The normalized spacial score (nSPS) is 37.7. The molecule has 0 bridgehead atoms. The van der Waals surface area contributed by atoms with Crippen LogP contribution in [-0.2, 0) is 38.3 Å². The smallest absolute Gasteiger partial charge is 0.394 e. The van der Waals surface area contributed by atoms with Crippen molar-refractivity contribution in [2.24, 2.45) is 0 Å². The van der Waals surface area contributed by atoms with Crippen molar-refractivity contribution in [3.8, 4) is 0 Å². The Morgan fingerprint density at radius 2 is 1.46 bits per heavy atom. The molecular weight excluding hydrogens is 590 g/mol. The monoisotopic (exact) mass is 627 g/mol. The van der Waals surface area contributed by atoms with Gasteiger partial charge in [-0.1, -0.05) is 0 Å². The lowest BCUT2D eigenvalue weighted by molar-refractivity contribution is -0.359. The predicted molar refractivity (Wildman–Crippen MR) is 125 cm³/mol. The first kappa shape index (κ1) is 36.0. The Labute approximate surface area is 233 Å². The molecule has 0 aliphatic carbocycles. The Morgan fingerprint density at radius 1 is 0.878 bits per heavy atom. The second-order valence-corrected chi connectivity index (χ2v) is 10.5. The summed E-state index contributed by atoms with van der Waals surface area (Å²) in [6.07, 6.45) is -24.7. The van der Waals surface area contributed by atoms with E-state index in [4.69, 9.17) is 28.6 Å². The maximum Gasteiger partial charge on any atom is 0.397 e. The summed E-state index contributed by atoms with van der Waals surface area (Å²) in [5.41, 5.74) is 0. The molecule has 0 aromatic carbocycles. The molecule has 2 aliphatic heterocycles. The standard InChI is InChI=1S/C20H37NO19S/c1-6(25)21-11-15(31)13(29)10(5-36-41(33,34)35)38-19(11)40-18-14(30)9(4-24)37-20(16(18)32)39-17(8(27)3-23)12(28)7(26)2-22/h7-20,22-24,26-32H,2-5H2,1H3,(H,21,25)(H,33,34,35)/t7-,8+,9+,10+,11+,12+,13+,14-,15+,16+,17+,18-,19-,20-/m0/s1. The van der Waals surface area contributed by atoms with E-state index >= 15 is 0 Å². The minimum atomic E-state index is -5.03. The summed E-state index contributed by atoms with van der Waals surface area (Å²) in [7, 11) is -5.03. The highest BCUT2D eigenvalue weighted by Gasteiger charge is 2.52. The Morgan fingerprint density at radius 3 is 1.98 bits per heavy atom. The van der Waals surface area contributed by atoms with Gasteiger partial charge >= 0.3 is 10.4 Å². The molecular formula is C20H37NO19S. The highest BCUT2D eigenvalue weighted by molar-refractivity contribution is 7.80. The number of hydrogen-bond acceptors (Lipinski definition) is 18. The summed E-state index contributed by atoms with van der Waals surface area (Å²) in [4.78, 5) is 11.7. The van der Waals surface area contributed by atoms with E-state index < -0.39 is 128 Å². The van der Waals surface area contributed by atoms with Gasteiger partial charge in [0.1, 0.15) is 73.2 Å². The van der Waals surface area contributed by atoms with Crippen LogP contribution in [0.25, 0.3) is 0 Å². The molecule has 1 amide bonds. The molecule has 41 heavy (non-hydrogen) atoms. The van der Waals surface area contributed by atoms with Gasteiger partial charge in [-0.05, 0) is 0 Å². The van der Waals surface area contributed by atoms with Crippen molar-refractivity contribution < 1.29 is 92.0 Å². The minimum absolute atomic E-state index is 0.772. The van der Waals surface area contributed by atoms with Crippen LogP contribution in [0, 0.1) is 0 Å². The molecule has 2 fully saturated rings. The van der Waals surface area contributed by atoms with Gasteiger partial charge in [0.05, 0.1) is 26.4 Å². The molecule has 0 spiro atoms. The largest absolute Gasteiger partial charge is 0.397 e. The van der Waals surface area contributed by atoms with E-state index in [-0.39, 0.29) is 0 Å². The van der Waals surface area contributed by atoms with Crippen LogP contribution in [0.5, 0.6) is 0 Å². The molecule has 0 radical (unpaired) electrons. The zero-order valence-electron chi connectivity index (χ0n) is 21.5. The molecule has 20 nitrogen and oxygen atoms in total. The first-order chi connectivity index (χ1) is 19.1. The molecule has 2 heterocycles. The van der Waals surface area contributed by atoms with Crippen LogP contribution in [0.4, 0.5) is 0 Å². The van der Waals surface area contributed by atoms with Gasteiger partial charge in [0.25, 0.3) is 0 Å². The predicted octanol–water partition coefficient (Wildman–Crippen LogP) is -7.97. The van der Waals surface area contributed by atoms with E-state index in [9.17, 15) is 59.2 Å². The van der Waals surface area contributed by atoms with Gasteiger partial charge in [0.15, 0.2) is 12.6 Å². The number of carbonyl (C=O) groups is 1. The highest BCUT2D eigenvalue weighted by Crippen LogP contribution is 2.31. The third-order valence-electron chi connectivity index (χ3n) is 6.34. The molecule has 0 saturated carbocycles. The maximum absolute atomic E-state index is 11.7. The fourth-order valence-electron chi connectivity index (χ4n) is 4.19. The quantitative estimate of drug-likeness (QED) is 0.0795. The van der Waals surface area contributed by atoms with Crippen LogP contribution in [0.3, 0.4) is 0 Å². The van der Waals surface area contributed by atoms with E-state index in [1.54, 1.807) is 0 Å². The second kappa shape index (κ2) is 15.5. The third-order valence-corrected chi connectivity index (χ3v) is 6.77. The summed E-state index contributed by atoms with van der Waals surface area (Å²) in [5, 5.41) is 103. The first-order valence-corrected chi connectivity index (χ1v) is 13.5. The molecule has 0 aromatic heterocycles. The van der Waals surface area contributed by atoms with Gasteiger partial charge in [-0.25, -0.2) is 4.18 Å². The average molecular weight is 628 g/mol. The Bertz CT molecular complexity index is 926. The number of hydrogen-bond donors (Lipinski definition) is 12. The number of aliphatic hydroxyl groups excluding tert-OH is 10. The summed E-state index contributed by atoms with van der Waals surface area (Å²) in [6.45, 7) is -3.01. The van der Waals surface area contributed by atoms with E-state index in [0.717, 1.165) is 6.92 Å². The van der Waals surface area contributed by atoms with E-state index in [0.29, 0.717) is 0 Å². The number of carbonyl (C=O) groups excluding carboxylic acids is 1. The highest BCUT2D eigenvalue weighted by atomic mass is 32.3. The lowest BCUT2D eigenvalue weighted by Gasteiger charge is -2.47. The summed E-state index contributed by atoms with van der Waals surface area (Å²) >= 11 is 0. The molecule has 21 heteroatoms. The van der Waals surface area contributed by atoms with Crippen LogP contribution >= 0.6 is 0 Å². The zero-order valence-corrected chi connectivity index (χ0v) is 22.3. The number of aliphatic hydroxyl groups is 10. The molecule has 242 valence electrons. The number of ether oxygens (including phenoxy) is 4. The van der Waals surface area contributed by atoms with Gasteiger partial charge in [0.2, 0.25) is 5.91 Å². The van der Waals surface area contributed by atoms with Crippen molar-refractivity contribution in [3.05, 3.63) is 0 Å². The van der Waals surface area contributed by atoms with Crippen LogP contribution in [0.15, 0.2) is 0 Å². The van der Waals surface area contributed by atoms with Gasteiger partial charge in [0, 0.05) is 6.92 Å². The Hall–Kier alpha value is -1.22. The van der Waals surface area contributed by atoms with Gasteiger partial charge < -0.3 is 75.3 Å². The van der Waals surface area contributed by atoms with Crippen LogP contribution in [0.1, 0.15) is 6.92 Å². The van der Waals surface area contributed by atoms with Crippen LogP contribution < -0.4 is 5.32 Å². The number of rotatable bonds is 14. The van der Waals surface area contributed by atoms with Gasteiger partial charge in [-0.3, -0.25) is 9.35 Å². The van der Waals surface area contributed by atoms with E-state index in [2.05, 4.69) is 9.50 Å². The summed E-state index contributed by atoms with van der Waals surface area (Å²) in [5.74, 6) is -0.772. The molecule has 0 aromatic rings. The molecule has 0 unspecified atom stereocenters. The van der Waals surface area contributed by atoms with Crippen molar-refractivity contribution in [2.75, 3.05) is 26.4 Å². The fraction of sp³-hybridized carbons (Fsp3) is 0.950. The van der Waals surface area contributed by atoms with Crippen molar-refractivity contribution in [1.29, 1.82) is 0 Å². The van der Waals surface area contributed by atoms with Gasteiger partial charge in [-0.15, -0.1) is 0 Å². The van der Waals surface area contributed by atoms with Crippen molar-refractivity contribution in [2.45, 2.75) is 92.7 Å². The number of nitrogens with one attached hydrogen (secondary N) is 1. The minimum Gasteiger partial charge on any atom is -0.394 e. The molecule has 12 N–H and O–H groups in total. The van der Waals surface area contributed by atoms with Crippen LogP contribution in [-0.4, -0.2) is 182 Å². The van der Waals surface area contributed by atoms with Crippen molar-refractivity contribution in [3.63, 3.8) is 0 Å². The Kier molecular flexibility index (Phi) is 13.6. The Balaban J connectivity index is 2.37. The molecule has 14 atom stereocenters. The average Bonchev–Trinajstić information content (AvgIpc) is 2.91. The zero-order chi connectivity index (χ0) is 31.2. The summed E-state index contributed by atoms with van der Waals surface area (Å²) < 4.78 is 56.6. The molecule has 2 rings (SSSR count). The maximum atomic E-state index is 11.7. The molecule has 2 aliphatic rings. The van der Waals surface area contributed by atoms with Crippen molar-refractivity contribution in [1.82, 2.24) is 5.32 Å². The number of amides is 1. The topological polar surface area (TPSA) is 332 Å². The van der Waals surface area contributed by atoms with Crippen LogP contribution in [0.2, 0.25) is 0 Å². The van der Waals surface area contributed by atoms with E-state index in [1.165, 1.54) is 0 Å². The summed E-state index contributed by atoms with van der Waals surface area (Å²) in [6, 6.07) is -1.62. The van der Waals surface area contributed by atoms with Crippen molar-refractivity contribution >= 4 is 16.3 Å². The lowest BCUT2D eigenvalue weighted by Crippen LogP contribution is -2.68. The lowest BCUT2D eigenvalue weighted by atomic mass is 9.95. The fourth-order valence-corrected chi connectivity index (χ4v) is 4.50. The second-order valence-electron chi connectivity index (χ2n) is 9.36. The SMILES string of the molecule is CC(=O)N[C@H]1[C@H](O[C@H]2[C@@H](O)[C@@H](CO)O[C@@H](O[C@@H]([C@H](O)[C@@H](O)CO)[C@H](O)CO)[C@@H]2O)O[C@H](COS(=O)(=O)O)[C@@H](O)[C@@H]1O. The molecule has 2 saturated heterocycles. The van der Waals surface area contributed by atoms with E-state index in [1.807, 2.05) is 0 Å². The van der Waals surface area contributed by atoms with Gasteiger partial charge in [-0.2, -0.15) is 8.42 Å².